The van der Waals surface area contributed by atoms with Crippen LogP contribution in [-0.2, 0) is 9.53 Å². The predicted octanol–water partition coefficient (Wildman–Crippen LogP) is 0.719. The molecule has 0 heterocycles. The van der Waals surface area contributed by atoms with Gasteiger partial charge >= 0.3 is 5.97 Å². The van der Waals surface area contributed by atoms with E-state index in [2.05, 4.69) is 9.91 Å². The number of rotatable bonds is 4. The van der Waals surface area contributed by atoms with Crippen molar-refractivity contribution in [2.75, 3.05) is 20.7 Å². The topological polar surface area (TPSA) is 59.0 Å². The molecule has 5 nitrogen and oxygen atoms in total. The second kappa shape index (κ2) is 5.29. The van der Waals surface area contributed by atoms with Crippen LogP contribution in [0.5, 0.6) is 0 Å². The van der Waals surface area contributed by atoms with Crippen molar-refractivity contribution >= 4 is 5.97 Å². The maximum absolute atomic E-state index is 10.9. The number of carbonyl (C=O) groups is 1. The Morgan fingerprint density at radius 1 is 1.58 bits per heavy atom. The summed E-state index contributed by atoms with van der Waals surface area (Å²) in [6, 6.07) is 0. The largest absolute Gasteiger partial charge is 0.461 e. The van der Waals surface area contributed by atoms with Crippen molar-refractivity contribution in [1.82, 2.24) is 4.90 Å². The first kappa shape index (κ1) is 10.6. The highest BCUT2D eigenvalue weighted by molar-refractivity contribution is 5.87. The molecule has 0 bridgehead atoms. The molecule has 0 spiro atoms. The quantitative estimate of drug-likeness (QED) is 0.356. The van der Waals surface area contributed by atoms with Crippen molar-refractivity contribution in [2.45, 2.75) is 6.92 Å². The van der Waals surface area contributed by atoms with Crippen molar-refractivity contribution in [3.63, 3.8) is 0 Å². The zero-order valence-electron chi connectivity index (χ0n) is 7.40. The Balaban J connectivity index is 4.34. The van der Waals surface area contributed by atoms with E-state index >= 15 is 0 Å². The highest BCUT2D eigenvalue weighted by Crippen LogP contribution is 2.00. The van der Waals surface area contributed by atoms with Crippen LogP contribution >= 0.6 is 0 Å². The fourth-order valence-corrected chi connectivity index (χ4v) is 0.563. The molecule has 0 aliphatic carbocycles. The fraction of sp³-hybridized carbons (Fsp3) is 0.571. The van der Waals surface area contributed by atoms with E-state index in [1.54, 1.807) is 25.9 Å². The third-order valence-corrected chi connectivity index (χ3v) is 0.963. The molecule has 0 aromatic carbocycles. The molecule has 5 heteroatoms. The molecule has 0 saturated heterocycles. The molecule has 12 heavy (non-hydrogen) atoms. The molecule has 0 N–H and O–H groups in total. The fourth-order valence-electron chi connectivity index (χ4n) is 0.563. The van der Waals surface area contributed by atoms with Gasteiger partial charge < -0.3 is 9.64 Å². The molecule has 0 rings (SSSR count). The Labute approximate surface area is 71.0 Å². The lowest BCUT2D eigenvalue weighted by Crippen LogP contribution is -2.10. The number of nitrogens with zero attached hydrogens (tertiary/aromatic N) is 2. The Morgan fingerprint density at radius 2 is 2.17 bits per heavy atom. The molecule has 0 radical (unpaired) electrons. The Bertz CT molecular complexity index is 199. The summed E-state index contributed by atoms with van der Waals surface area (Å²) in [5.74, 6) is -0.693. The van der Waals surface area contributed by atoms with Crippen LogP contribution in [0.2, 0.25) is 0 Å². The van der Waals surface area contributed by atoms with Gasteiger partial charge in [-0.25, -0.2) is 4.79 Å². The molecule has 0 unspecified atom stereocenters. The van der Waals surface area contributed by atoms with Gasteiger partial charge in [0.2, 0.25) is 5.70 Å². The van der Waals surface area contributed by atoms with E-state index in [1.165, 1.54) is 6.20 Å². The van der Waals surface area contributed by atoms with Gasteiger partial charge in [0.25, 0.3) is 0 Å². The summed E-state index contributed by atoms with van der Waals surface area (Å²) in [6.07, 6.45) is 1.31. The van der Waals surface area contributed by atoms with Crippen molar-refractivity contribution in [2.24, 2.45) is 5.18 Å². The summed E-state index contributed by atoms with van der Waals surface area (Å²) in [6.45, 7) is 1.90. The third-order valence-electron chi connectivity index (χ3n) is 0.963. The van der Waals surface area contributed by atoms with E-state index < -0.39 is 5.97 Å². The zero-order valence-corrected chi connectivity index (χ0v) is 7.40. The number of hydrogen-bond acceptors (Lipinski definition) is 5. The number of nitroso groups, excluding NO2 is 1. The van der Waals surface area contributed by atoms with Crippen molar-refractivity contribution in [1.29, 1.82) is 0 Å². The SMILES string of the molecule is CCOC(=O)C(=CN(C)C)N=O. The zero-order chi connectivity index (χ0) is 9.56. The van der Waals surface area contributed by atoms with Crippen LogP contribution in [0.25, 0.3) is 0 Å². The van der Waals surface area contributed by atoms with Gasteiger partial charge in [0.05, 0.1) is 6.61 Å². The molecule has 0 aromatic heterocycles. The predicted molar refractivity (Wildman–Crippen MR) is 44.2 cm³/mol. The lowest BCUT2D eigenvalue weighted by molar-refractivity contribution is -0.138. The van der Waals surface area contributed by atoms with Gasteiger partial charge in [0.15, 0.2) is 0 Å². The van der Waals surface area contributed by atoms with Gasteiger partial charge in [0, 0.05) is 20.3 Å². The first-order valence-electron chi connectivity index (χ1n) is 3.50. The summed E-state index contributed by atoms with van der Waals surface area (Å²) in [5, 5.41) is 2.54. The minimum atomic E-state index is -0.693. The van der Waals surface area contributed by atoms with Gasteiger partial charge in [-0.15, -0.1) is 4.91 Å². The van der Waals surface area contributed by atoms with E-state index in [0.717, 1.165) is 0 Å². The molecule has 0 amide bonds. The average molecular weight is 172 g/mol. The molecular formula is C7H12N2O3. The summed E-state index contributed by atoms with van der Waals surface area (Å²) < 4.78 is 4.57. The Hall–Kier alpha value is -1.39. The summed E-state index contributed by atoms with van der Waals surface area (Å²) in [4.78, 5) is 22.6. The molecular weight excluding hydrogens is 160 g/mol. The molecule has 0 fully saturated rings. The lowest BCUT2D eigenvalue weighted by Gasteiger charge is -2.05. The molecule has 0 aliphatic heterocycles. The normalized spacial score (nSPS) is 10.8. The van der Waals surface area contributed by atoms with Gasteiger partial charge in [0.1, 0.15) is 0 Å². The molecule has 68 valence electrons. The van der Waals surface area contributed by atoms with Crippen LogP contribution in [-0.4, -0.2) is 31.6 Å². The first-order chi connectivity index (χ1) is 5.61. The van der Waals surface area contributed by atoms with E-state index in [-0.39, 0.29) is 12.3 Å². The highest BCUT2D eigenvalue weighted by atomic mass is 16.5. The lowest BCUT2D eigenvalue weighted by atomic mass is 10.5. The van der Waals surface area contributed by atoms with Crippen LogP contribution in [0, 0.1) is 4.91 Å². The van der Waals surface area contributed by atoms with Crippen molar-refractivity contribution in [3.05, 3.63) is 16.8 Å². The molecule has 0 aromatic rings. The maximum atomic E-state index is 10.9. The molecule has 0 aliphatic rings. The van der Waals surface area contributed by atoms with Gasteiger partial charge in [-0.3, -0.25) is 0 Å². The van der Waals surface area contributed by atoms with Crippen LogP contribution in [0.15, 0.2) is 17.1 Å². The summed E-state index contributed by atoms with van der Waals surface area (Å²) in [7, 11) is 3.37. The Morgan fingerprint density at radius 3 is 2.50 bits per heavy atom. The van der Waals surface area contributed by atoms with Crippen molar-refractivity contribution in [3.8, 4) is 0 Å². The van der Waals surface area contributed by atoms with Crippen LogP contribution in [0.1, 0.15) is 6.92 Å². The number of ether oxygens (including phenoxy) is 1. The van der Waals surface area contributed by atoms with E-state index in [9.17, 15) is 9.70 Å². The van der Waals surface area contributed by atoms with E-state index in [4.69, 9.17) is 0 Å². The smallest absolute Gasteiger partial charge is 0.362 e. The second-order valence-electron chi connectivity index (χ2n) is 2.29. The summed E-state index contributed by atoms with van der Waals surface area (Å²) >= 11 is 0. The van der Waals surface area contributed by atoms with Gasteiger partial charge in [-0.2, -0.15) is 0 Å². The van der Waals surface area contributed by atoms with E-state index in [0.29, 0.717) is 0 Å². The van der Waals surface area contributed by atoms with Crippen LogP contribution in [0.4, 0.5) is 0 Å². The third kappa shape index (κ3) is 3.70. The highest BCUT2D eigenvalue weighted by Gasteiger charge is 2.10. The number of carbonyl (C=O) groups excluding carboxylic acids is 1. The molecule has 0 atom stereocenters. The van der Waals surface area contributed by atoms with Gasteiger partial charge in [-0.05, 0) is 12.1 Å². The van der Waals surface area contributed by atoms with Gasteiger partial charge in [-0.1, -0.05) is 0 Å². The number of esters is 1. The average Bonchev–Trinajstić information content (AvgIpc) is 2.00. The van der Waals surface area contributed by atoms with Crippen LogP contribution < -0.4 is 0 Å². The molecule has 0 saturated carbocycles. The van der Waals surface area contributed by atoms with Crippen LogP contribution in [0.3, 0.4) is 0 Å². The minimum absolute atomic E-state index is 0.221. The summed E-state index contributed by atoms with van der Waals surface area (Å²) in [5.41, 5.74) is -0.221. The van der Waals surface area contributed by atoms with Crippen molar-refractivity contribution < 1.29 is 9.53 Å². The van der Waals surface area contributed by atoms with E-state index in [1.807, 2.05) is 0 Å². The number of hydrogen-bond donors (Lipinski definition) is 0. The monoisotopic (exact) mass is 172 g/mol. The standard InChI is InChI=1S/C7H12N2O3/c1-4-12-7(10)6(8-11)5-9(2)3/h5H,4H2,1-3H3. The Kier molecular flexibility index (Phi) is 4.67. The first-order valence-corrected chi connectivity index (χ1v) is 3.50. The maximum Gasteiger partial charge on any atom is 0.362 e. The minimum Gasteiger partial charge on any atom is -0.461 e. The second-order valence-corrected chi connectivity index (χ2v) is 2.29.